The van der Waals surface area contributed by atoms with Crippen molar-refractivity contribution in [3.8, 4) is 0 Å². The molecule has 0 radical (unpaired) electrons. The average molecular weight is 454 g/mol. The van der Waals surface area contributed by atoms with E-state index in [2.05, 4.69) is 43.8 Å². The third kappa shape index (κ3) is 3.67. The quantitative estimate of drug-likeness (QED) is 0.629. The summed E-state index contributed by atoms with van der Waals surface area (Å²) in [6.07, 6.45) is 0. The number of anilines is 1. The van der Waals surface area contributed by atoms with Crippen molar-refractivity contribution >= 4 is 61.7 Å². The first-order valence-corrected chi connectivity index (χ1v) is 7.44. The average Bonchev–Trinajstić information content (AvgIpc) is 2.36. The fourth-order valence-corrected chi connectivity index (χ4v) is 2.70. The van der Waals surface area contributed by atoms with Crippen molar-refractivity contribution < 1.29 is 9.18 Å². The van der Waals surface area contributed by atoms with Gasteiger partial charge in [-0.25, -0.2) is 4.39 Å². The van der Waals surface area contributed by atoms with Gasteiger partial charge in [-0.05, 0) is 74.9 Å². The second kappa shape index (κ2) is 6.19. The maximum Gasteiger partial charge on any atom is 0.255 e. The van der Waals surface area contributed by atoms with Crippen LogP contribution in [0.1, 0.15) is 10.4 Å². The lowest BCUT2D eigenvalue weighted by Gasteiger charge is -2.08. The largest absolute Gasteiger partial charge is 0.321 e. The smallest absolute Gasteiger partial charge is 0.255 e. The molecule has 2 nitrogen and oxygen atoms in total. The van der Waals surface area contributed by atoms with Crippen LogP contribution in [0.15, 0.2) is 40.9 Å². The molecule has 0 aromatic heterocycles. The number of benzene rings is 2. The fourth-order valence-electron chi connectivity index (χ4n) is 1.42. The van der Waals surface area contributed by atoms with Crippen molar-refractivity contribution in [2.24, 2.45) is 0 Å². The van der Waals surface area contributed by atoms with E-state index in [-0.39, 0.29) is 10.4 Å². The maximum atomic E-state index is 13.1. The second-order valence-electron chi connectivity index (χ2n) is 3.71. The van der Waals surface area contributed by atoms with Crippen LogP contribution in [0.4, 0.5) is 10.1 Å². The van der Waals surface area contributed by atoms with Crippen LogP contribution < -0.4 is 5.32 Å². The van der Waals surface area contributed by atoms with Crippen LogP contribution in [0.3, 0.4) is 0 Å². The molecule has 0 aliphatic heterocycles. The van der Waals surface area contributed by atoms with Crippen LogP contribution in [0.5, 0.6) is 0 Å². The molecular weight excluding hydrogens is 447 g/mol. The highest BCUT2D eigenvalue weighted by Crippen LogP contribution is 2.25. The molecule has 0 saturated heterocycles. The minimum Gasteiger partial charge on any atom is -0.321 e. The molecule has 0 aliphatic rings. The molecule has 19 heavy (non-hydrogen) atoms. The predicted octanol–water partition coefficient (Wildman–Crippen LogP) is 5.10. The lowest BCUT2D eigenvalue weighted by molar-refractivity contribution is 0.102. The van der Waals surface area contributed by atoms with Crippen molar-refractivity contribution in [1.82, 2.24) is 0 Å². The van der Waals surface area contributed by atoms with Gasteiger partial charge in [0.05, 0.1) is 15.2 Å². The first kappa shape index (κ1) is 14.7. The molecule has 0 spiro atoms. The van der Waals surface area contributed by atoms with Crippen LogP contribution in [0, 0.1) is 9.39 Å². The summed E-state index contributed by atoms with van der Waals surface area (Å²) < 4.78 is 14.3. The van der Waals surface area contributed by atoms with Gasteiger partial charge >= 0.3 is 0 Å². The summed E-state index contributed by atoms with van der Waals surface area (Å²) in [5.41, 5.74) is 0.871. The van der Waals surface area contributed by atoms with Gasteiger partial charge in [0.1, 0.15) is 5.82 Å². The summed E-state index contributed by atoms with van der Waals surface area (Å²) in [4.78, 5) is 12.0. The highest BCUT2D eigenvalue weighted by atomic mass is 127. The zero-order valence-electron chi connectivity index (χ0n) is 9.38. The molecule has 1 amide bonds. The number of rotatable bonds is 2. The van der Waals surface area contributed by atoms with E-state index in [1.54, 1.807) is 12.1 Å². The van der Waals surface area contributed by atoms with Crippen molar-refractivity contribution in [2.45, 2.75) is 0 Å². The number of hydrogen-bond acceptors (Lipinski definition) is 1. The Morgan fingerprint density at radius 3 is 2.63 bits per heavy atom. The summed E-state index contributed by atoms with van der Waals surface area (Å²) in [6.45, 7) is 0. The van der Waals surface area contributed by atoms with E-state index in [0.29, 0.717) is 16.3 Å². The minimum absolute atomic E-state index is 0.244. The van der Waals surface area contributed by atoms with Gasteiger partial charge in [-0.2, -0.15) is 0 Å². The number of nitrogens with one attached hydrogen (secondary N) is 1. The Hall–Kier alpha value is -0.660. The van der Waals surface area contributed by atoms with Gasteiger partial charge in [-0.15, -0.1) is 0 Å². The van der Waals surface area contributed by atoms with E-state index in [9.17, 15) is 9.18 Å². The lowest BCUT2D eigenvalue weighted by atomic mass is 10.2. The van der Waals surface area contributed by atoms with Crippen molar-refractivity contribution in [3.63, 3.8) is 0 Å². The number of carbonyl (C=O) groups is 1. The Morgan fingerprint density at radius 1 is 1.26 bits per heavy atom. The van der Waals surface area contributed by atoms with Crippen LogP contribution in [0.2, 0.25) is 5.02 Å². The van der Waals surface area contributed by atoms with Crippen molar-refractivity contribution in [3.05, 3.63) is 60.8 Å². The van der Waals surface area contributed by atoms with Crippen molar-refractivity contribution in [1.29, 1.82) is 0 Å². The second-order valence-corrected chi connectivity index (χ2v) is 6.21. The van der Waals surface area contributed by atoms with Gasteiger partial charge in [-0.1, -0.05) is 11.6 Å². The number of carbonyl (C=O) groups excluding carboxylic acids is 1. The normalized spacial score (nSPS) is 10.3. The van der Waals surface area contributed by atoms with Crippen LogP contribution in [0.25, 0.3) is 0 Å². The van der Waals surface area contributed by atoms with Gasteiger partial charge in [0.15, 0.2) is 0 Å². The summed E-state index contributed by atoms with van der Waals surface area (Å²) in [7, 11) is 0. The van der Waals surface area contributed by atoms with E-state index in [1.807, 2.05) is 6.07 Å². The third-order valence-electron chi connectivity index (χ3n) is 2.36. The Kier molecular flexibility index (Phi) is 4.81. The molecule has 0 saturated carbocycles. The zero-order chi connectivity index (χ0) is 14.0. The van der Waals surface area contributed by atoms with Crippen LogP contribution in [-0.2, 0) is 0 Å². The van der Waals surface area contributed by atoms with E-state index in [4.69, 9.17) is 11.6 Å². The Bertz CT molecular complexity index is 651. The highest BCUT2D eigenvalue weighted by molar-refractivity contribution is 14.1. The number of amides is 1. The molecule has 2 aromatic carbocycles. The molecule has 98 valence electrons. The molecule has 6 heteroatoms. The molecule has 2 rings (SSSR count). The van der Waals surface area contributed by atoms with E-state index in [1.165, 1.54) is 18.2 Å². The van der Waals surface area contributed by atoms with Crippen LogP contribution in [-0.4, -0.2) is 5.91 Å². The topological polar surface area (TPSA) is 29.1 Å². The summed E-state index contributed by atoms with van der Waals surface area (Å²) in [6, 6.07) is 9.37. The molecule has 1 N–H and O–H groups in total. The monoisotopic (exact) mass is 453 g/mol. The van der Waals surface area contributed by atoms with Gasteiger partial charge in [0, 0.05) is 9.13 Å². The Balaban J connectivity index is 2.23. The third-order valence-corrected chi connectivity index (χ3v) is 3.95. The Morgan fingerprint density at radius 2 is 2.00 bits per heavy atom. The van der Waals surface area contributed by atoms with Crippen LogP contribution >= 0.6 is 50.1 Å². The first-order chi connectivity index (χ1) is 8.97. The van der Waals surface area contributed by atoms with Gasteiger partial charge < -0.3 is 5.32 Å². The summed E-state index contributed by atoms with van der Waals surface area (Å²) in [5, 5.41) is 3.14. The molecule has 0 heterocycles. The van der Waals surface area contributed by atoms with Gasteiger partial charge in [-0.3, -0.25) is 4.79 Å². The predicted molar refractivity (Wildman–Crippen MR) is 86.2 cm³/mol. The van der Waals surface area contributed by atoms with E-state index < -0.39 is 5.82 Å². The first-order valence-electron chi connectivity index (χ1n) is 5.19. The molecule has 0 unspecified atom stereocenters. The number of halogens is 4. The minimum atomic E-state index is -0.413. The molecule has 0 aliphatic carbocycles. The molecule has 2 aromatic rings. The SMILES string of the molecule is O=C(Nc1ccc(I)cc1Cl)c1ccc(F)c(Br)c1. The lowest BCUT2D eigenvalue weighted by Crippen LogP contribution is -2.12. The van der Waals surface area contributed by atoms with E-state index in [0.717, 1.165) is 3.57 Å². The fraction of sp³-hybridized carbons (Fsp3) is 0. The zero-order valence-corrected chi connectivity index (χ0v) is 13.9. The Labute approximate surface area is 136 Å². The molecule has 0 atom stereocenters. The molecule has 0 fully saturated rings. The number of hydrogen-bond donors (Lipinski definition) is 1. The molecule has 0 bridgehead atoms. The maximum absolute atomic E-state index is 13.1. The van der Waals surface area contributed by atoms with Gasteiger partial charge in [0.2, 0.25) is 0 Å². The van der Waals surface area contributed by atoms with Gasteiger partial charge in [0.25, 0.3) is 5.91 Å². The highest BCUT2D eigenvalue weighted by Gasteiger charge is 2.10. The standard InChI is InChI=1S/C13H7BrClFINO/c14-9-5-7(1-3-11(9)16)13(19)18-12-4-2-8(17)6-10(12)15/h1-6H,(H,18,19). The van der Waals surface area contributed by atoms with Crippen molar-refractivity contribution in [2.75, 3.05) is 5.32 Å². The summed E-state index contributed by atoms with van der Waals surface area (Å²) in [5.74, 6) is -0.757. The van der Waals surface area contributed by atoms with E-state index >= 15 is 0 Å². The summed E-state index contributed by atoms with van der Waals surface area (Å²) >= 11 is 11.2. The molecular formula is C13H7BrClFINO.